The van der Waals surface area contributed by atoms with Crippen LogP contribution < -0.4 is 0 Å². The molecule has 0 heterocycles. The van der Waals surface area contributed by atoms with Crippen LogP contribution in [0.5, 0.6) is 0 Å². The summed E-state index contributed by atoms with van der Waals surface area (Å²) in [7, 11) is -3.35. The van der Waals surface area contributed by atoms with Crippen LogP contribution in [-0.2, 0) is 15.6 Å². The second-order valence-electron chi connectivity index (χ2n) is 4.29. The molecule has 0 N–H and O–H groups in total. The summed E-state index contributed by atoms with van der Waals surface area (Å²) >= 11 is 3.30. The Labute approximate surface area is 126 Å². The number of halogens is 2. The van der Waals surface area contributed by atoms with Crippen LogP contribution in [0.1, 0.15) is 11.1 Å². The van der Waals surface area contributed by atoms with Crippen molar-refractivity contribution in [2.45, 2.75) is 5.75 Å². The summed E-state index contributed by atoms with van der Waals surface area (Å²) in [6, 6.07) is 12.8. The zero-order valence-electron chi connectivity index (χ0n) is 10.5. The van der Waals surface area contributed by atoms with Crippen molar-refractivity contribution in [2.24, 2.45) is 0 Å². The Hall–Kier alpha value is -1.46. The van der Waals surface area contributed by atoms with E-state index in [1.54, 1.807) is 24.3 Å². The molecule has 104 valence electrons. The molecule has 0 aromatic heterocycles. The number of benzene rings is 2. The van der Waals surface area contributed by atoms with Gasteiger partial charge in [-0.1, -0.05) is 40.2 Å². The molecule has 0 saturated carbocycles. The van der Waals surface area contributed by atoms with Gasteiger partial charge in [0.2, 0.25) is 0 Å². The Kier molecular flexibility index (Phi) is 4.73. The van der Waals surface area contributed by atoms with Gasteiger partial charge in [0, 0.05) is 9.88 Å². The highest BCUT2D eigenvalue weighted by atomic mass is 79.9. The largest absolute Gasteiger partial charge is 0.224 e. The Morgan fingerprint density at radius 1 is 1.00 bits per heavy atom. The van der Waals surface area contributed by atoms with E-state index in [2.05, 4.69) is 15.9 Å². The Balaban J connectivity index is 2.11. The van der Waals surface area contributed by atoms with Gasteiger partial charge < -0.3 is 0 Å². The van der Waals surface area contributed by atoms with Crippen molar-refractivity contribution in [1.82, 2.24) is 0 Å². The second kappa shape index (κ2) is 6.33. The number of hydrogen-bond donors (Lipinski definition) is 0. The van der Waals surface area contributed by atoms with Crippen LogP contribution in [0, 0.1) is 5.82 Å². The first-order valence-corrected chi connectivity index (χ1v) is 8.36. The molecule has 2 nitrogen and oxygen atoms in total. The van der Waals surface area contributed by atoms with Gasteiger partial charge in [-0.2, -0.15) is 0 Å². The van der Waals surface area contributed by atoms with E-state index in [0.717, 1.165) is 15.4 Å². The summed E-state index contributed by atoms with van der Waals surface area (Å²) in [5.74, 6) is -0.405. The fourth-order valence-corrected chi connectivity index (χ4v) is 3.00. The predicted octanol–water partition coefficient (Wildman–Crippen LogP) is 4.17. The van der Waals surface area contributed by atoms with E-state index in [9.17, 15) is 12.8 Å². The van der Waals surface area contributed by atoms with E-state index < -0.39 is 9.84 Å². The molecular weight excluding hydrogens is 343 g/mol. The van der Waals surface area contributed by atoms with Gasteiger partial charge in [0.15, 0.2) is 9.84 Å². The van der Waals surface area contributed by atoms with E-state index in [1.807, 2.05) is 0 Å². The smallest absolute Gasteiger partial charge is 0.175 e. The molecule has 0 radical (unpaired) electrons. The van der Waals surface area contributed by atoms with Gasteiger partial charge in [0.05, 0.1) is 5.75 Å². The molecule has 0 aliphatic rings. The van der Waals surface area contributed by atoms with E-state index in [4.69, 9.17) is 0 Å². The second-order valence-corrected chi connectivity index (χ2v) is 7.09. The number of rotatable bonds is 4. The van der Waals surface area contributed by atoms with Crippen LogP contribution in [0.25, 0.3) is 6.08 Å². The molecule has 0 saturated heterocycles. The molecule has 20 heavy (non-hydrogen) atoms. The molecule has 0 unspecified atom stereocenters. The monoisotopic (exact) mass is 354 g/mol. The zero-order chi connectivity index (χ0) is 14.6. The number of hydrogen-bond acceptors (Lipinski definition) is 2. The molecule has 2 aromatic rings. The van der Waals surface area contributed by atoms with Gasteiger partial charge in [-0.25, -0.2) is 12.8 Å². The summed E-state index contributed by atoms with van der Waals surface area (Å²) in [6.45, 7) is 0. The van der Waals surface area contributed by atoms with Gasteiger partial charge in [0.25, 0.3) is 0 Å². The standard InChI is InChI=1S/C15H12BrFO2S/c16-14-5-1-13(2-6-14)11-20(18,19)10-9-12-3-7-15(17)8-4-12/h1-10H,11H2/b10-9+. The normalized spacial score (nSPS) is 11.9. The highest BCUT2D eigenvalue weighted by Crippen LogP contribution is 2.14. The average molecular weight is 355 g/mol. The fourth-order valence-electron chi connectivity index (χ4n) is 1.62. The topological polar surface area (TPSA) is 34.1 Å². The lowest BCUT2D eigenvalue weighted by Crippen LogP contribution is -1.99. The summed E-state index contributed by atoms with van der Waals surface area (Å²) in [4.78, 5) is 0. The molecule has 0 spiro atoms. The van der Waals surface area contributed by atoms with Crippen molar-refractivity contribution in [3.8, 4) is 0 Å². The minimum Gasteiger partial charge on any atom is -0.224 e. The first kappa shape index (κ1) is 14.9. The van der Waals surface area contributed by atoms with Crippen LogP contribution in [0.3, 0.4) is 0 Å². The SMILES string of the molecule is O=S(=O)(/C=C/c1ccc(F)cc1)Cc1ccc(Br)cc1. The summed E-state index contributed by atoms with van der Waals surface area (Å²) in [5, 5.41) is 1.16. The summed E-state index contributed by atoms with van der Waals surface area (Å²) in [5.41, 5.74) is 1.36. The van der Waals surface area contributed by atoms with E-state index in [1.165, 1.54) is 30.3 Å². The van der Waals surface area contributed by atoms with E-state index >= 15 is 0 Å². The number of sulfone groups is 1. The first-order valence-electron chi connectivity index (χ1n) is 5.85. The molecule has 0 fully saturated rings. The van der Waals surface area contributed by atoms with Crippen molar-refractivity contribution >= 4 is 31.8 Å². The lowest BCUT2D eigenvalue weighted by Gasteiger charge is -2.00. The maximum atomic E-state index is 12.7. The maximum absolute atomic E-state index is 12.7. The molecule has 0 bridgehead atoms. The van der Waals surface area contributed by atoms with Gasteiger partial charge in [-0.3, -0.25) is 0 Å². The lowest BCUT2D eigenvalue weighted by molar-refractivity contribution is 0.604. The minimum atomic E-state index is -3.35. The van der Waals surface area contributed by atoms with Crippen LogP contribution in [0.15, 0.2) is 58.4 Å². The fraction of sp³-hybridized carbons (Fsp3) is 0.0667. The van der Waals surface area contributed by atoms with Gasteiger partial charge >= 0.3 is 0 Å². The summed E-state index contributed by atoms with van der Waals surface area (Å²) in [6.07, 6.45) is 1.47. The summed E-state index contributed by atoms with van der Waals surface area (Å²) < 4.78 is 37.5. The van der Waals surface area contributed by atoms with Crippen molar-refractivity contribution in [1.29, 1.82) is 0 Å². The van der Waals surface area contributed by atoms with Crippen molar-refractivity contribution in [2.75, 3.05) is 0 Å². The zero-order valence-corrected chi connectivity index (χ0v) is 12.9. The van der Waals surface area contributed by atoms with Crippen molar-refractivity contribution in [3.05, 3.63) is 75.4 Å². The predicted molar refractivity (Wildman–Crippen MR) is 82.2 cm³/mol. The van der Waals surface area contributed by atoms with Crippen LogP contribution in [0.4, 0.5) is 4.39 Å². The quantitative estimate of drug-likeness (QED) is 0.825. The van der Waals surface area contributed by atoms with Gasteiger partial charge in [-0.15, -0.1) is 0 Å². The van der Waals surface area contributed by atoms with E-state index in [-0.39, 0.29) is 11.6 Å². The van der Waals surface area contributed by atoms with Crippen LogP contribution in [0.2, 0.25) is 0 Å². The molecule has 2 aromatic carbocycles. The van der Waals surface area contributed by atoms with E-state index in [0.29, 0.717) is 5.56 Å². The highest BCUT2D eigenvalue weighted by molar-refractivity contribution is 9.10. The molecule has 2 rings (SSSR count). The Bertz CT molecular complexity index is 705. The van der Waals surface area contributed by atoms with Crippen LogP contribution in [-0.4, -0.2) is 8.42 Å². The lowest BCUT2D eigenvalue weighted by atomic mass is 10.2. The maximum Gasteiger partial charge on any atom is 0.175 e. The third kappa shape index (κ3) is 4.58. The molecule has 0 amide bonds. The minimum absolute atomic E-state index is 0.0576. The molecular formula is C15H12BrFO2S. The third-order valence-electron chi connectivity index (χ3n) is 2.62. The average Bonchev–Trinajstić information content (AvgIpc) is 2.41. The molecule has 5 heteroatoms. The van der Waals surface area contributed by atoms with Gasteiger partial charge in [0.1, 0.15) is 5.82 Å². The van der Waals surface area contributed by atoms with Crippen LogP contribution >= 0.6 is 15.9 Å². The Morgan fingerprint density at radius 3 is 2.20 bits per heavy atom. The van der Waals surface area contributed by atoms with Gasteiger partial charge in [-0.05, 0) is 41.5 Å². The molecule has 0 aliphatic heterocycles. The first-order chi connectivity index (χ1) is 9.44. The molecule has 0 atom stereocenters. The third-order valence-corrected chi connectivity index (χ3v) is 4.43. The Morgan fingerprint density at radius 2 is 1.60 bits per heavy atom. The highest BCUT2D eigenvalue weighted by Gasteiger charge is 2.07. The van der Waals surface area contributed by atoms with Crippen molar-refractivity contribution in [3.63, 3.8) is 0 Å². The molecule has 0 aliphatic carbocycles. The van der Waals surface area contributed by atoms with Crippen molar-refractivity contribution < 1.29 is 12.8 Å².